The van der Waals surface area contributed by atoms with Crippen molar-refractivity contribution < 1.29 is 9.53 Å². The minimum absolute atomic E-state index is 0.247. The first-order chi connectivity index (χ1) is 11.8. The van der Waals surface area contributed by atoms with Gasteiger partial charge in [0, 0.05) is 31.2 Å². The van der Waals surface area contributed by atoms with E-state index in [9.17, 15) is 4.79 Å². The first-order valence-electron chi connectivity index (χ1n) is 7.68. The van der Waals surface area contributed by atoms with Crippen molar-refractivity contribution in [2.75, 3.05) is 36.5 Å². The number of hydrogen-bond acceptors (Lipinski definition) is 6. The highest BCUT2D eigenvalue weighted by Crippen LogP contribution is 2.22. The van der Waals surface area contributed by atoms with Crippen LogP contribution < -0.4 is 10.2 Å². The highest BCUT2D eigenvalue weighted by Gasteiger charge is 2.15. The summed E-state index contributed by atoms with van der Waals surface area (Å²) in [7, 11) is 0. The number of aromatic amines is 1. The highest BCUT2D eigenvalue weighted by molar-refractivity contribution is 6.04. The number of rotatable bonds is 3. The molecule has 122 valence electrons. The largest absolute Gasteiger partial charge is 0.378 e. The standard InChI is InChI=1S/C16H16N6O2/c23-15(11-8-17-10-18-9-11)19-12-1-2-13-14(7-12)21-16(20-13)22-3-5-24-6-4-22/h1-2,7-10H,3-6H2,(H,19,23)(H,20,21). The average molecular weight is 324 g/mol. The van der Waals surface area contributed by atoms with Gasteiger partial charge in [-0.15, -0.1) is 0 Å². The molecular formula is C16H16N6O2. The van der Waals surface area contributed by atoms with Gasteiger partial charge in [0.05, 0.1) is 29.8 Å². The van der Waals surface area contributed by atoms with Crippen LogP contribution >= 0.6 is 0 Å². The zero-order valence-corrected chi connectivity index (χ0v) is 12.9. The van der Waals surface area contributed by atoms with Crippen molar-refractivity contribution in [1.82, 2.24) is 19.9 Å². The molecule has 1 aliphatic rings. The Morgan fingerprint density at radius 3 is 2.79 bits per heavy atom. The fourth-order valence-corrected chi connectivity index (χ4v) is 2.62. The summed E-state index contributed by atoms with van der Waals surface area (Å²) in [6.45, 7) is 3.05. The fourth-order valence-electron chi connectivity index (χ4n) is 2.62. The fraction of sp³-hybridized carbons (Fsp3) is 0.250. The van der Waals surface area contributed by atoms with Crippen molar-refractivity contribution in [2.24, 2.45) is 0 Å². The number of aromatic nitrogens is 4. The number of carbonyl (C=O) groups is 1. The number of hydrogen-bond donors (Lipinski definition) is 2. The molecule has 24 heavy (non-hydrogen) atoms. The third kappa shape index (κ3) is 2.91. The van der Waals surface area contributed by atoms with Crippen molar-refractivity contribution in [2.45, 2.75) is 0 Å². The number of ether oxygens (including phenoxy) is 1. The van der Waals surface area contributed by atoms with Gasteiger partial charge in [-0.25, -0.2) is 15.0 Å². The van der Waals surface area contributed by atoms with Crippen molar-refractivity contribution >= 4 is 28.6 Å². The van der Waals surface area contributed by atoms with E-state index < -0.39 is 0 Å². The van der Waals surface area contributed by atoms with Gasteiger partial charge < -0.3 is 19.9 Å². The molecule has 0 saturated carbocycles. The molecule has 4 rings (SSSR count). The lowest BCUT2D eigenvalue weighted by Gasteiger charge is -2.26. The molecule has 8 nitrogen and oxygen atoms in total. The Hall–Kier alpha value is -3.00. The molecule has 2 aromatic heterocycles. The first kappa shape index (κ1) is 14.6. The van der Waals surface area contributed by atoms with Gasteiger partial charge in [-0.2, -0.15) is 0 Å². The zero-order valence-electron chi connectivity index (χ0n) is 12.9. The molecule has 3 aromatic rings. The van der Waals surface area contributed by atoms with E-state index in [0.29, 0.717) is 24.5 Å². The Labute approximate surface area is 137 Å². The van der Waals surface area contributed by atoms with Gasteiger partial charge in [-0.1, -0.05) is 0 Å². The molecule has 1 saturated heterocycles. The summed E-state index contributed by atoms with van der Waals surface area (Å²) in [4.78, 5) is 29.9. The Bertz CT molecular complexity index is 857. The van der Waals surface area contributed by atoms with E-state index in [4.69, 9.17) is 4.74 Å². The summed E-state index contributed by atoms with van der Waals surface area (Å²) in [6, 6.07) is 5.58. The Morgan fingerprint density at radius 1 is 1.21 bits per heavy atom. The third-order valence-electron chi connectivity index (χ3n) is 3.86. The summed E-state index contributed by atoms with van der Waals surface area (Å²) in [5.74, 6) is 0.580. The quantitative estimate of drug-likeness (QED) is 0.757. The summed E-state index contributed by atoms with van der Waals surface area (Å²) < 4.78 is 5.36. The minimum atomic E-state index is -0.247. The number of anilines is 2. The van der Waals surface area contributed by atoms with E-state index in [-0.39, 0.29) is 5.91 Å². The molecule has 1 amide bonds. The Kier molecular flexibility index (Phi) is 3.80. The maximum absolute atomic E-state index is 12.2. The molecule has 3 heterocycles. The van der Waals surface area contributed by atoms with E-state index in [1.165, 1.54) is 18.7 Å². The number of nitrogens with zero attached hydrogens (tertiary/aromatic N) is 4. The second-order valence-electron chi connectivity index (χ2n) is 5.47. The Morgan fingerprint density at radius 2 is 2.00 bits per heavy atom. The molecule has 2 N–H and O–H groups in total. The summed E-state index contributed by atoms with van der Waals surface area (Å²) in [6.07, 6.45) is 4.35. The maximum Gasteiger partial charge on any atom is 0.258 e. The van der Waals surface area contributed by atoms with Crippen molar-refractivity contribution in [3.8, 4) is 0 Å². The molecule has 1 fully saturated rings. The van der Waals surface area contributed by atoms with E-state index in [1.807, 2.05) is 18.2 Å². The van der Waals surface area contributed by atoms with Crippen LogP contribution in [0.5, 0.6) is 0 Å². The summed E-state index contributed by atoms with van der Waals surface area (Å²) >= 11 is 0. The second kappa shape index (κ2) is 6.25. The summed E-state index contributed by atoms with van der Waals surface area (Å²) in [5.41, 5.74) is 2.83. The monoisotopic (exact) mass is 324 g/mol. The van der Waals surface area contributed by atoms with Gasteiger partial charge in [0.1, 0.15) is 6.33 Å². The maximum atomic E-state index is 12.2. The van der Waals surface area contributed by atoms with Crippen LogP contribution in [0, 0.1) is 0 Å². The summed E-state index contributed by atoms with van der Waals surface area (Å²) in [5, 5.41) is 2.84. The van der Waals surface area contributed by atoms with Gasteiger partial charge in [0.2, 0.25) is 5.95 Å². The van der Waals surface area contributed by atoms with Gasteiger partial charge in [-0.3, -0.25) is 4.79 Å². The van der Waals surface area contributed by atoms with E-state index in [0.717, 1.165) is 30.1 Å². The normalized spacial score (nSPS) is 14.8. The lowest BCUT2D eigenvalue weighted by Crippen LogP contribution is -2.36. The van der Waals surface area contributed by atoms with Crippen molar-refractivity contribution in [3.05, 3.63) is 42.5 Å². The lowest BCUT2D eigenvalue weighted by molar-refractivity contribution is 0.102. The number of H-pyrrole nitrogens is 1. The predicted molar refractivity (Wildman–Crippen MR) is 89.1 cm³/mol. The minimum Gasteiger partial charge on any atom is -0.378 e. The molecule has 0 aliphatic carbocycles. The number of benzene rings is 1. The molecule has 0 unspecified atom stereocenters. The van der Waals surface area contributed by atoms with Crippen molar-refractivity contribution in [3.63, 3.8) is 0 Å². The van der Waals surface area contributed by atoms with Gasteiger partial charge >= 0.3 is 0 Å². The number of morpholine rings is 1. The van der Waals surface area contributed by atoms with E-state index >= 15 is 0 Å². The number of carbonyl (C=O) groups excluding carboxylic acids is 1. The molecular weight excluding hydrogens is 308 g/mol. The molecule has 0 radical (unpaired) electrons. The van der Waals surface area contributed by atoms with Gasteiger partial charge in [0.25, 0.3) is 5.91 Å². The van der Waals surface area contributed by atoms with Crippen LogP contribution in [0.2, 0.25) is 0 Å². The zero-order chi connectivity index (χ0) is 16.4. The predicted octanol–water partition coefficient (Wildman–Crippen LogP) is 1.44. The smallest absolute Gasteiger partial charge is 0.258 e. The van der Waals surface area contributed by atoms with Crippen LogP contribution in [-0.4, -0.2) is 52.1 Å². The number of nitrogens with one attached hydrogen (secondary N) is 2. The number of amides is 1. The van der Waals surface area contributed by atoms with Crippen molar-refractivity contribution in [1.29, 1.82) is 0 Å². The van der Waals surface area contributed by atoms with Crippen LogP contribution in [-0.2, 0) is 4.74 Å². The lowest BCUT2D eigenvalue weighted by atomic mass is 10.2. The Balaban J connectivity index is 1.55. The SMILES string of the molecule is O=C(Nc1ccc2nc(N3CCOCC3)[nH]c2c1)c1cncnc1. The van der Waals surface area contributed by atoms with Crippen LogP contribution in [0.4, 0.5) is 11.6 Å². The molecule has 0 spiro atoms. The average Bonchev–Trinajstić information content (AvgIpc) is 3.06. The molecule has 1 aliphatic heterocycles. The molecule has 1 aromatic carbocycles. The van der Waals surface area contributed by atoms with Gasteiger partial charge in [-0.05, 0) is 18.2 Å². The molecule has 0 bridgehead atoms. The van der Waals surface area contributed by atoms with Gasteiger partial charge in [0.15, 0.2) is 0 Å². The van der Waals surface area contributed by atoms with Crippen LogP contribution in [0.1, 0.15) is 10.4 Å². The molecule has 0 atom stereocenters. The van der Waals surface area contributed by atoms with Crippen LogP contribution in [0.15, 0.2) is 36.9 Å². The first-order valence-corrected chi connectivity index (χ1v) is 7.68. The van der Waals surface area contributed by atoms with Crippen LogP contribution in [0.25, 0.3) is 11.0 Å². The second-order valence-corrected chi connectivity index (χ2v) is 5.47. The van der Waals surface area contributed by atoms with Crippen LogP contribution in [0.3, 0.4) is 0 Å². The van der Waals surface area contributed by atoms with E-state index in [2.05, 4.69) is 30.2 Å². The van der Waals surface area contributed by atoms with E-state index in [1.54, 1.807) is 0 Å². The molecule has 8 heteroatoms. The number of fused-ring (bicyclic) bond motifs is 1. The number of imidazole rings is 1. The topological polar surface area (TPSA) is 96.0 Å². The third-order valence-corrected chi connectivity index (χ3v) is 3.86. The highest BCUT2D eigenvalue weighted by atomic mass is 16.5.